The van der Waals surface area contributed by atoms with Crippen LogP contribution in [0.4, 0.5) is 0 Å². The molecule has 0 N–H and O–H groups in total. The molecule has 0 unspecified atom stereocenters. The normalized spacial score (nSPS) is 10.9. The number of fused-ring (bicyclic) bond motifs is 1. The summed E-state index contributed by atoms with van der Waals surface area (Å²) >= 11 is 7.70. The number of rotatable bonds is 8. The molecule has 0 saturated heterocycles. The first-order valence-corrected chi connectivity index (χ1v) is 11.2. The molecule has 7 heteroatoms. The number of ether oxygens (including phenoxy) is 2. The number of aromatic nitrogens is 2. The Hall–Kier alpha value is -2.96. The topological polar surface area (TPSA) is 53.4 Å². The van der Waals surface area contributed by atoms with E-state index in [1.165, 1.54) is 11.8 Å². The number of hydrogen-bond donors (Lipinski definition) is 0. The Morgan fingerprint density at radius 2 is 1.77 bits per heavy atom. The van der Waals surface area contributed by atoms with Gasteiger partial charge in [0.1, 0.15) is 11.5 Å². The standard InChI is InChI=1S/C24H21ClN2O3S/c1-29-19-10-12-20(13-11-19)30-14-5-15-31-24-26-22-9-3-2-8-21(22)23(28)27(24)18-7-4-6-17(25)16-18/h2-4,6-13,16H,5,14-15H2,1H3. The van der Waals surface area contributed by atoms with E-state index in [0.29, 0.717) is 33.4 Å². The lowest BCUT2D eigenvalue weighted by Gasteiger charge is -2.13. The van der Waals surface area contributed by atoms with Crippen molar-refractivity contribution in [3.8, 4) is 17.2 Å². The zero-order valence-corrected chi connectivity index (χ0v) is 18.5. The molecule has 0 saturated carbocycles. The zero-order valence-electron chi connectivity index (χ0n) is 17.0. The van der Waals surface area contributed by atoms with Crippen LogP contribution in [0.3, 0.4) is 0 Å². The zero-order chi connectivity index (χ0) is 21.6. The molecule has 0 fully saturated rings. The third kappa shape index (κ3) is 5.03. The van der Waals surface area contributed by atoms with Gasteiger partial charge < -0.3 is 9.47 Å². The number of thioether (sulfide) groups is 1. The van der Waals surface area contributed by atoms with Gasteiger partial charge in [-0.3, -0.25) is 9.36 Å². The van der Waals surface area contributed by atoms with Gasteiger partial charge in [0.25, 0.3) is 5.56 Å². The first kappa shape index (κ1) is 21.3. The van der Waals surface area contributed by atoms with Crippen molar-refractivity contribution in [3.05, 3.63) is 88.2 Å². The number of halogens is 1. The van der Waals surface area contributed by atoms with Crippen LogP contribution in [0.5, 0.6) is 11.5 Å². The van der Waals surface area contributed by atoms with E-state index in [0.717, 1.165) is 23.7 Å². The van der Waals surface area contributed by atoms with Gasteiger partial charge in [0.2, 0.25) is 0 Å². The van der Waals surface area contributed by atoms with Crippen molar-refractivity contribution in [2.45, 2.75) is 11.6 Å². The maximum Gasteiger partial charge on any atom is 0.266 e. The molecule has 0 amide bonds. The van der Waals surface area contributed by atoms with Crippen molar-refractivity contribution in [1.29, 1.82) is 0 Å². The fourth-order valence-corrected chi connectivity index (χ4v) is 4.25. The second-order valence-electron chi connectivity index (χ2n) is 6.76. The van der Waals surface area contributed by atoms with Gasteiger partial charge in [-0.05, 0) is 61.0 Å². The van der Waals surface area contributed by atoms with Crippen LogP contribution in [0.2, 0.25) is 5.02 Å². The predicted molar refractivity (Wildman–Crippen MR) is 126 cm³/mol. The fourth-order valence-electron chi connectivity index (χ4n) is 3.14. The number of hydrogen-bond acceptors (Lipinski definition) is 5. The molecule has 4 rings (SSSR count). The minimum atomic E-state index is -0.107. The van der Waals surface area contributed by atoms with E-state index in [4.69, 9.17) is 26.1 Å². The molecule has 31 heavy (non-hydrogen) atoms. The Bertz CT molecular complexity index is 1240. The molecule has 0 spiro atoms. The molecule has 158 valence electrons. The summed E-state index contributed by atoms with van der Waals surface area (Å²) in [5, 5.41) is 1.78. The molecular formula is C24H21ClN2O3S. The van der Waals surface area contributed by atoms with E-state index in [1.807, 2.05) is 54.6 Å². The Morgan fingerprint density at radius 1 is 1.00 bits per heavy atom. The highest BCUT2D eigenvalue weighted by atomic mass is 35.5. The Kier molecular flexibility index (Phi) is 6.79. The summed E-state index contributed by atoms with van der Waals surface area (Å²) in [4.78, 5) is 18.0. The quantitative estimate of drug-likeness (QED) is 0.197. The number of benzene rings is 3. The summed E-state index contributed by atoms with van der Waals surface area (Å²) in [5.74, 6) is 2.34. The summed E-state index contributed by atoms with van der Waals surface area (Å²) in [6.07, 6.45) is 0.801. The first-order valence-electron chi connectivity index (χ1n) is 9.83. The highest BCUT2D eigenvalue weighted by Crippen LogP contribution is 2.24. The molecule has 1 heterocycles. The third-order valence-corrected chi connectivity index (χ3v) is 5.92. The van der Waals surface area contributed by atoms with Crippen LogP contribution >= 0.6 is 23.4 Å². The monoisotopic (exact) mass is 452 g/mol. The first-order chi connectivity index (χ1) is 15.2. The molecule has 0 aliphatic rings. The average molecular weight is 453 g/mol. The van der Waals surface area contributed by atoms with Crippen molar-refractivity contribution in [1.82, 2.24) is 9.55 Å². The highest BCUT2D eigenvalue weighted by Gasteiger charge is 2.13. The smallest absolute Gasteiger partial charge is 0.266 e. The molecule has 1 aromatic heterocycles. The SMILES string of the molecule is COc1ccc(OCCCSc2nc3ccccc3c(=O)n2-c2cccc(Cl)c2)cc1. The van der Waals surface area contributed by atoms with Crippen LogP contribution in [-0.4, -0.2) is 29.0 Å². The summed E-state index contributed by atoms with van der Waals surface area (Å²) < 4.78 is 12.6. The van der Waals surface area contributed by atoms with Crippen LogP contribution in [0, 0.1) is 0 Å². The maximum absolute atomic E-state index is 13.2. The molecule has 3 aromatic carbocycles. The van der Waals surface area contributed by atoms with Gasteiger partial charge in [-0.25, -0.2) is 4.98 Å². The molecule has 4 aromatic rings. The van der Waals surface area contributed by atoms with Gasteiger partial charge in [0.15, 0.2) is 5.16 Å². The molecule has 0 atom stereocenters. The van der Waals surface area contributed by atoms with Crippen LogP contribution in [0.15, 0.2) is 82.7 Å². The van der Waals surface area contributed by atoms with E-state index in [-0.39, 0.29) is 5.56 Å². The summed E-state index contributed by atoms with van der Waals surface area (Å²) in [7, 11) is 1.64. The summed E-state index contributed by atoms with van der Waals surface area (Å²) in [5.41, 5.74) is 1.28. The van der Waals surface area contributed by atoms with Gasteiger partial charge in [-0.1, -0.05) is 41.6 Å². The van der Waals surface area contributed by atoms with Crippen LogP contribution in [0.25, 0.3) is 16.6 Å². The Morgan fingerprint density at radius 3 is 2.55 bits per heavy atom. The fraction of sp³-hybridized carbons (Fsp3) is 0.167. The largest absolute Gasteiger partial charge is 0.497 e. The molecule has 0 radical (unpaired) electrons. The summed E-state index contributed by atoms with van der Waals surface area (Å²) in [6, 6.07) is 22.1. The van der Waals surface area contributed by atoms with Crippen LogP contribution in [-0.2, 0) is 0 Å². The lowest BCUT2D eigenvalue weighted by atomic mass is 10.2. The summed E-state index contributed by atoms with van der Waals surface area (Å²) in [6.45, 7) is 0.564. The highest BCUT2D eigenvalue weighted by molar-refractivity contribution is 7.99. The molecule has 0 aliphatic heterocycles. The number of nitrogens with zero attached hydrogens (tertiary/aromatic N) is 2. The molecule has 5 nitrogen and oxygen atoms in total. The van der Waals surface area contributed by atoms with Crippen molar-refractivity contribution in [3.63, 3.8) is 0 Å². The predicted octanol–water partition coefficient (Wildman–Crippen LogP) is 5.61. The van der Waals surface area contributed by atoms with Gasteiger partial charge in [0, 0.05) is 10.8 Å². The lowest BCUT2D eigenvalue weighted by Crippen LogP contribution is -2.21. The minimum Gasteiger partial charge on any atom is -0.497 e. The molecule has 0 bridgehead atoms. The van der Waals surface area contributed by atoms with Gasteiger partial charge in [-0.2, -0.15) is 0 Å². The van der Waals surface area contributed by atoms with E-state index < -0.39 is 0 Å². The third-order valence-electron chi connectivity index (χ3n) is 4.66. The van der Waals surface area contributed by atoms with Crippen molar-refractivity contribution in [2.75, 3.05) is 19.5 Å². The van der Waals surface area contributed by atoms with E-state index in [1.54, 1.807) is 29.9 Å². The number of para-hydroxylation sites is 1. The molecular weight excluding hydrogens is 432 g/mol. The van der Waals surface area contributed by atoms with Gasteiger partial charge in [0.05, 0.1) is 30.3 Å². The minimum absolute atomic E-state index is 0.107. The van der Waals surface area contributed by atoms with E-state index in [2.05, 4.69) is 0 Å². The lowest BCUT2D eigenvalue weighted by molar-refractivity contribution is 0.318. The second kappa shape index (κ2) is 9.90. The maximum atomic E-state index is 13.2. The number of methoxy groups -OCH3 is 1. The van der Waals surface area contributed by atoms with E-state index in [9.17, 15) is 4.79 Å². The van der Waals surface area contributed by atoms with Crippen molar-refractivity contribution in [2.24, 2.45) is 0 Å². The second-order valence-corrected chi connectivity index (χ2v) is 8.26. The molecule has 0 aliphatic carbocycles. The van der Waals surface area contributed by atoms with Crippen molar-refractivity contribution >= 4 is 34.3 Å². The Balaban J connectivity index is 1.51. The average Bonchev–Trinajstić information content (AvgIpc) is 2.79. The van der Waals surface area contributed by atoms with Gasteiger partial charge >= 0.3 is 0 Å². The van der Waals surface area contributed by atoms with Gasteiger partial charge in [-0.15, -0.1) is 0 Å². The Labute approximate surface area is 189 Å². The van der Waals surface area contributed by atoms with Crippen molar-refractivity contribution < 1.29 is 9.47 Å². The van der Waals surface area contributed by atoms with Crippen LogP contribution in [0.1, 0.15) is 6.42 Å². The van der Waals surface area contributed by atoms with E-state index >= 15 is 0 Å². The van der Waals surface area contributed by atoms with Crippen LogP contribution < -0.4 is 15.0 Å².